The minimum Gasteiger partial charge on any atom is -0.450 e. The predicted molar refractivity (Wildman–Crippen MR) is 106 cm³/mol. The topological polar surface area (TPSA) is 85.2 Å². The molecule has 7 heteroatoms. The molecule has 1 aromatic heterocycles. The van der Waals surface area contributed by atoms with Crippen LogP contribution < -0.4 is 10.6 Å². The quantitative estimate of drug-likeness (QED) is 0.769. The fourth-order valence-corrected chi connectivity index (χ4v) is 3.55. The number of benzene rings is 1. The van der Waals surface area contributed by atoms with Gasteiger partial charge in [-0.2, -0.15) is 5.10 Å². The summed E-state index contributed by atoms with van der Waals surface area (Å²) in [7, 11) is 0. The highest BCUT2D eigenvalue weighted by Crippen LogP contribution is 2.27. The van der Waals surface area contributed by atoms with Crippen molar-refractivity contribution in [2.24, 2.45) is 5.92 Å². The van der Waals surface area contributed by atoms with Gasteiger partial charge in [0.1, 0.15) is 6.04 Å². The van der Waals surface area contributed by atoms with Crippen molar-refractivity contribution in [3.63, 3.8) is 0 Å². The number of ether oxygens (including phenoxy) is 1. The highest BCUT2D eigenvalue weighted by molar-refractivity contribution is 5.85. The van der Waals surface area contributed by atoms with Crippen molar-refractivity contribution >= 4 is 12.0 Å². The van der Waals surface area contributed by atoms with Gasteiger partial charge in [0.2, 0.25) is 5.91 Å². The molecule has 1 unspecified atom stereocenters. The zero-order valence-corrected chi connectivity index (χ0v) is 16.7. The summed E-state index contributed by atoms with van der Waals surface area (Å²) in [5.74, 6) is -0.291. The van der Waals surface area contributed by atoms with E-state index in [0.717, 1.165) is 30.6 Å². The van der Waals surface area contributed by atoms with E-state index in [9.17, 15) is 9.59 Å². The van der Waals surface area contributed by atoms with Crippen molar-refractivity contribution in [3.8, 4) is 5.69 Å². The smallest absolute Gasteiger partial charge is 0.407 e. The Morgan fingerprint density at radius 3 is 2.64 bits per heavy atom. The number of fused-ring (bicyclic) bond motifs is 1. The van der Waals surface area contributed by atoms with Gasteiger partial charge in [-0.05, 0) is 49.8 Å². The first kappa shape index (κ1) is 19.9. The molecule has 28 heavy (non-hydrogen) atoms. The molecule has 0 spiro atoms. The first-order valence-corrected chi connectivity index (χ1v) is 9.87. The minimum atomic E-state index is -0.650. The molecule has 1 aromatic carbocycles. The molecule has 3 rings (SSSR count). The second-order valence-electron chi connectivity index (χ2n) is 7.28. The van der Waals surface area contributed by atoms with Gasteiger partial charge in [0.05, 0.1) is 24.5 Å². The van der Waals surface area contributed by atoms with E-state index in [1.165, 1.54) is 11.3 Å². The Kier molecular flexibility index (Phi) is 6.34. The standard InChI is InChI=1S/C21H28N4O3/c1-4-28-21(27)23-19(14(2)3)20(26)22-13-17-16-11-8-12-18(16)25(24-17)15-9-6-5-7-10-15/h5-7,9-10,14,19H,4,8,11-13H2,1-3H3,(H,22,26)(H,23,27). The number of nitrogens with zero attached hydrogens (tertiary/aromatic N) is 2. The van der Waals surface area contributed by atoms with E-state index < -0.39 is 12.1 Å². The number of hydrogen-bond acceptors (Lipinski definition) is 4. The van der Waals surface area contributed by atoms with Crippen LogP contribution in [0.25, 0.3) is 5.69 Å². The maximum Gasteiger partial charge on any atom is 0.407 e. The lowest BCUT2D eigenvalue weighted by molar-refractivity contribution is -0.124. The molecule has 0 bridgehead atoms. The molecule has 0 aliphatic heterocycles. The van der Waals surface area contributed by atoms with E-state index in [4.69, 9.17) is 9.84 Å². The maximum atomic E-state index is 12.7. The van der Waals surface area contributed by atoms with Gasteiger partial charge in [-0.15, -0.1) is 0 Å². The van der Waals surface area contributed by atoms with Gasteiger partial charge in [-0.25, -0.2) is 9.48 Å². The number of carbonyl (C=O) groups is 2. The van der Waals surface area contributed by atoms with E-state index in [-0.39, 0.29) is 18.4 Å². The van der Waals surface area contributed by atoms with E-state index in [1.807, 2.05) is 48.9 Å². The number of amides is 2. The van der Waals surface area contributed by atoms with E-state index in [1.54, 1.807) is 6.92 Å². The van der Waals surface area contributed by atoms with Gasteiger partial charge in [-0.1, -0.05) is 32.0 Å². The average Bonchev–Trinajstić information content (AvgIpc) is 3.28. The summed E-state index contributed by atoms with van der Waals surface area (Å²) >= 11 is 0. The summed E-state index contributed by atoms with van der Waals surface area (Å²) in [6, 6.07) is 9.39. The van der Waals surface area contributed by atoms with Crippen LogP contribution in [0.5, 0.6) is 0 Å². The molecular formula is C21H28N4O3. The SMILES string of the molecule is CCOC(=O)NC(C(=O)NCc1nn(-c2ccccc2)c2c1CCC2)C(C)C. The summed E-state index contributed by atoms with van der Waals surface area (Å²) < 4.78 is 6.89. The third-order valence-electron chi connectivity index (χ3n) is 4.94. The normalized spacial score (nSPS) is 13.9. The average molecular weight is 384 g/mol. The predicted octanol–water partition coefficient (Wildman–Crippen LogP) is 2.75. The Morgan fingerprint density at radius 1 is 1.21 bits per heavy atom. The Labute approximate surface area is 165 Å². The fraction of sp³-hybridized carbons (Fsp3) is 0.476. The molecule has 1 heterocycles. The molecule has 2 N–H and O–H groups in total. The van der Waals surface area contributed by atoms with E-state index in [2.05, 4.69) is 10.6 Å². The van der Waals surface area contributed by atoms with Gasteiger partial charge in [0.25, 0.3) is 0 Å². The zero-order chi connectivity index (χ0) is 20.1. The van der Waals surface area contributed by atoms with Gasteiger partial charge < -0.3 is 15.4 Å². The van der Waals surface area contributed by atoms with Crippen molar-refractivity contribution in [1.82, 2.24) is 20.4 Å². The number of para-hydroxylation sites is 1. The van der Waals surface area contributed by atoms with Crippen molar-refractivity contribution in [2.75, 3.05) is 6.61 Å². The fourth-order valence-electron chi connectivity index (χ4n) is 3.55. The summed E-state index contributed by atoms with van der Waals surface area (Å²) in [5.41, 5.74) is 4.37. The van der Waals surface area contributed by atoms with E-state index >= 15 is 0 Å². The molecule has 0 fully saturated rings. The second kappa shape index (κ2) is 8.91. The summed E-state index contributed by atoms with van der Waals surface area (Å²) in [6.07, 6.45) is 2.48. The van der Waals surface area contributed by atoms with Crippen molar-refractivity contribution in [2.45, 2.75) is 52.6 Å². The first-order valence-electron chi connectivity index (χ1n) is 9.87. The van der Waals surface area contributed by atoms with Crippen LogP contribution in [-0.4, -0.2) is 34.4 Å². The Balaban J connectivity index is 1.72. The minimum absolute atomic E-state index is 0.0583. The van der Waals surface area contributed by atoms with Crippen molar-refractivity contribution in [3.05, 3.63) is 47.3 Å². The second-order valence-corrected chi connectivity index (χ2v) is 7.28. The highest BCUT2D eigenvalue weighted by Gasteiger charge is 2.27. The molecular weight excluding hydrogens is 356 g/mol. The lowest BCUT2D eigenvalue weighted by Crippen LogP contribution is -2.49. The highest BCUT2D eigenvalue weighted by atomic mass is 16.5. The molecule has 0 saturated heterocycles. The van der Waals surface area contributed by atoms with Gasteiger partial charge in [0, 0.05) is 5.69 Å². The number of carbonyl (C=O) groups excluding carboxylic acids is 2. The number of aromatic nitrogens is 2. The van der Waals surface area contributed by atoms with Crippen LogP contribution in [0, 0.1) is 5.92 Å². The Hall–Kier alpha value is -2.83. The molecule has 0 saturated carbocycles. The van der Waals surface area contributed by atoms with Crippen molar-refractivity contribution in [1.29, 1.82) is 0 Å². The van der Waals surface area contributed by atoms with Crippen LogP contribution in [0.2, 0.25) is 0 Å². The van der Waals surface area contributed by atoms with Crippen molar-refractivity contribution < 1.29 is 14.3 Å². The molecule has 1 atom stereocenters. The number of alkyl carbamates (subject to hydrolysis) is 1. The summed E-state index contributed by atoms with van der Waals surface area (Å²) in [6.45, 7) is 6.11. The maximum absolute atomic E-state index is 12.7. The molecule has 1 aliphatic rings. The largest absolute Gasteiger partial charge is 0.450 e. The van der Waals surface area contributed by atoms with Crippen LogP contribution in [0.4, 0.5) is 4.79 Å². The van der Waals surface area contributed by atoms with Crippen LogP contribution in [-0.2, 0) is 28.9 Å². The molecule has 0 radical (unpaired) electrons. The third-order valence-corrected chi connectivity index (χ3v) is 4.94. The number of hydrogen-bond donors (Lipinski definition) is 2. The van der Waals surface area contributed by atoms with Crippen LogP contribution in [0.15, 0.2) is 30.3 Å². The molecule has 150 valence electrons. The lowest BCUT2D eigenvalue weighted by Gasteiger charge is -2.21. The number of nitrogens with one attached hydrogen (secondary N) is 2. The van der Waals surface area contributed by atoms with E-state index in [0.29, 0.717) is 6.54 Å². The monoisotopic (exact) mass is 384 g/mol. The third kappa shape index (κ3) is 4.35. The van der Waals surface area contributed by atoms with Gasteiger partial charge in [0.15, 0.2) is 0 Å². The number of rotatable bonds is 7. The van der Waals surface area contributed by atoms with Gasteiger partial charge in [-0.3, -0.25) is 4.79 Å². The van der Waals surface area contributed by atoms with Gasteiger partial charge >= 0.3 is 6.09 Å². The molecule has 1 aliphatic carbocycles. The molecule has 2 aromatic rings. The Morgan fingerprint density at radius 2 is 1.96 bits per heavy atom. The summed E-state index contributed by atoms with van der Waals surface area (Å²) in [5, 5.41) is 10.3. The molecule has 7 nitrogen and oxygen atoms in total. The van der Waals surface area contributed by atoms with Crippen LogP contribution in [0.3, 0.4) is 0 Å². The summed E-state index contributed by atoms with van der Waals surface area (Å²) in [4.78, 5) is 24.4. The molecule has 2 amide bonds. The lowest BCUT2D eigenvalue weighted by atomic mass is 10.0. The first-order chi connectivity index (χ1) is 13.5. The zero-order valence-electron chi connectivity index (χ0n) is 16.7. The Bertz CT molecular complexity index is 830. The van der Waals surface area contributed by atoms with Crippen LogP contribution >= 0.6 is 0 Å². The van der Waals surface area contributed by atoms with Crippen LogP contribution in [0.1, 0.15) is 44.1 Å².